The van der Waals surface area contributed by atoms with Gasteiger partial charge in [0.2, 0.25) is 0 Å². The smallest absolute Gasteiger partial charge is 0.297 e. The molecule has 1 aromatic heterocycles. The number of furan rings is 1. The molecule has 59 heavy (non-hydrogen) atoms. The molecule has 0 saturated heterocycles. The molecule has 3 aliphatic rings. The molecule has 0 radical (unpaired) electrons. The van der Waals surface area contributed by atoms with Crippen molar-refractivity contribution in [3.8, 4) is 11.5 Å². The van der Waals surface area contributed by atoms with E-state index in [9.17, 15) is 0 Å². The molecule has 0 unspecified atom stereocenters. The van der Waals surface area contributed by atoms with Gasteiger partial charge in [0.15, 0.2) is 0 Å². The lowest BCUT2D eigenvalue weighted by molar-refractivity contribution is 0.418. The number of ether oxygens (including phenoxy) is 1. The number of hydrogen-bond acceptors (Lipinski definition) is 4. The van der Waals surface area contributed by atoms with Gasteiger partial charge in [-0.15, -0.1) is 0 Å². The van der Waals surface area contributed by atoms with E-state index in [0.717, 1.165) is 45.2 Å². The van der Waals surface area contributed by atoms with Crippen LogP contribution < -0.4 is 31.1 Å². The van der Waals surface area contributed by atoms with Crippen LogP contribution in [0.3, 0.4) is 0 Å². The Hall–Kier alpha value is -5.68. The second-order valence-corrected chi connectivity index (χ2v) is 20.8. The molecule has 4 heterocycles. The van der Waals surface area contributed by atoms with E-state index < -0.39 is 0 Å². The first-order chi connectivity index (χ1) is 27.8. The summed E-state index contributed by atoms with van der Waals surface area (Å²) >= 11 is 0. The zero-order valence-electron chi connectivity index (χ0n) is 36.8. The van der Waals surface area contributed by atoms with Crippen LogP contribution in [0.2, 0.25) is 0 Å². The fourth-order valence-electron chi connectivity index (χ4n) is 9.78. The first-order valence-electron chi connectivity index (χ1n) is 21.3. The number of benzene rings is 6. The van der Waals surface area contributed by atoms with Crippen molar-refractivity contribution in [2.24, 2.45) is 0 Å². The molecule has 7 aromatic rings. The van der Waals surface area contributed by atoms with Crippen LogP contribution >= 0.6 is 0 Å². The highest BCUT2D eigenvalue weighted by Gasteiger charge is 2.48. The molecule has 0 atom stereocenters. The summed E-state index contributed by atoms with van der Waals surface area (Å²) in [5.74, 6) is 1.83. The van der Waals surface area contributed by atoms with E-state index in [1.807, 2.05) is 0 Å². The highest BCUT2D eigenvalue weighted by molar-refractivity contribution is 7.00. The number of fused-ring (bicyclic) bond motifs is 8. The summed E-state index contributed by atoms with van der Waals surface area (Å²) in [5, 5.41) is 1.13. The van der Waals surface area contributed by atoms with Gasteiger partial charge in [-0.25, -0.2) is 0 Å². The summed E-state index contributed by atoms with van der Waals surface area (Å²) in [6, 6.07) is 43.2. The maximum Gasteiger partial charge on any atom is 0.297 e. The van der Waals surface area contributed by atoms with Crippen LogP contribution in [0.1, 0.15) is 110 Å². The lowest BCUT2D eigenvalue weighted by Gasteiger charge is -2.43. The number of aryl methyl sites for hydroxylation is 1. The van der Waals surface area contributed by atoms with Gasteiger partial charge in [0, 0.05) is 50.4 Å². The van der Waals surface area contributed by atoms with E-state index in [-0.39, 0.29) is 28.4 Å². The highest BCUT2D eigenvalue weighted by Crippen LogP contribution is 2.52. The molecular formula is C54H55BN2O2. The predicted octanol–water partition coefficient (Wildman–Crippen LogP) is 13.1. The molecule has 0 amide bonds. The van der Waals surface area contributed by atoms with Crippen molar-refractivity contribution in [3.63, 3.8) is 0 Å². The summed E-state index contributed by atoms with van der Waals surface area (Å²) < 4.78 is 13.9. The van der Waals surface area contributed by atoms with Crippen LogP contribution in [0.4, 0.5) is 34.1 Å². The van der Waals surface area contributed by atoms with E-state index in [1.54, 1.807) is 0 Å². The van der Waals surface area contributed by atoms with E-state index in [2.05, 4.69) is 208 Å². The standard InChI is InChI=1S/C54H55BN2O2/c1-32-27-43-48-44(28-32)57(37-23-26-47-40(31-37)54(11,12)39-15-13-14-16-46(39)58-47)49-38-29-34(52(5,6)7)20-25-45(38)59-50(49)55(48)41-30-35(53(8,9)10)19-24-42(41)56(43)36-21-17-33(18-22-36)51(2,3)4/h13-31H,1-12H3. The molecular weight excluding hydrogens is 719 g/mol. The van der Waals surface area contributed by atoms with E-state index in [4.69, 9.17) is 9.15 Å². The third-order valence-electron chi connectivity index (χ3n) is 13.2. The third-order valence-corrected chi connectivity index (χ3v) is 13.2. The van der Waals surface area contributed by atoms with Crippen molar-refractivity contribution in [1.29, 1.82) is 0 Å². The first-order valence-corrected chi connectivity index (χ1v) is 21.3. The van der Waals surface area contributed by atoms with Gasteiger partial charge >= 0.3 is 0 Å². The Labute approximate surface area is 350 Å². The van der Waals surface area contributed by atoms with E-state index >= 15 is 0 Å². The quantitative estimate of drug-likeness (QED) is 0.164. The molecule has 10 rings (SSSR count). The number of rotatable bonds is 2. The van der Waals surface area contributed by atoms with Crippen molar-refractivity contribution in [1.82, 2.24) is 0 Å². The number of nitrogens with zero attached hydrogens (tertiary/aromatic N) is 2. The van der Waals surface area contributed by atoms with Crippen LogP contribution in [0, 0.1) is 6.92 Å². The van der Waals surface area contributed by atoms with Crippen molar-refractivity contribution in [2.75, 3.05) is 9.80 Å². The normalized spacial score (nSPS) is 15.3. The molecule has 0 aliphatic carbocycles. The number of hydrogen-bond donors (Lipinski definition) is 0. The molecule has 0 bridgehead atoms. The summed E-state index contributed by atoms with van der Waals surface area (Å²) in [4.78, 5) is 5.01. The summed E-state index contributed by atoms with van der Waals surface area (Å²) in [6.07, 6.45) is 0. The minimum Gasteiger partial charge on any atom is -0.468 e. The molecule has 0 saturated carbocycles. The van der Waals surface area contributed by atoms with Crippen LogP contribution in [0.5, 0.6) is 11.5 Å². The molecule has 0 N–H and O–H groups in total. The van der Waals surface area contributed by atoms with Gasteiger partial charge < -0.3 is 19.0 Å². The van der Waals surface area contributed by atoms with Gasteiger partial charge in [-0.1, -0.05) is 125 Å². The van der Waals surface area contributed by atoms with Crippen molar-refractivity contribution in [2.45, 2.75) is 105 Å². The molecule has 4 nitrogen and oxygen atoms in total. The molecule has 0 fully saturated rings. The van der Waals surface area contributed by atoms with Gasteiger partial charge in [-0.05, 0) is 123 Å². The van der Waals surface area contributed by atoms with Crippen molar-refractivity contribution >= 4 is 68.4 Å². The summed E-state index contributed by atoms with van der Waals surface area (Å²) in [7, 11) is 0. The average molecular weight is 775 g/mol. The van der Waals surface area contributed by atoms with Gasteiger partial charge in [-0.2, -0.15) is 0 Å². The Balaban J connectivity index is 1.29. The third kappa shape index (κ3) is 5.71. The Kier molecular flexibility index (Phi) is 7.92. The number of para-hydroxylation sites is 1. The Bertz CT molecular complexity index is 2860. The first kappa shape index (κ1) is 37.6. The van der Waals surface area contributed by atoms with Gasteiger partial charge in [0.25, 0.3) is 6.71 Å². The van der Waals surface area contributed by atoms with E-state index in [0.29, 0.717) is 0 Å². The fourth-order valence-corrected chi connectivity index (χ4v) is 9.78. The monoisotopic (exact) mass is 774 g/mol. The second-order valence-electron chi connectivity index (χ2n) is 20.8. The molecule has 5 heteroatoms. The lowest BCUT2D eigenvalue weighted by atomic mass is 9.35. The minimum atomic E-state index is -0.274. The molecule has 3 aliphatic heterocycles. The fraction of sp³-hybridized carbons (Fsp3) is 0.296. The van der Waals surface area contributed by atoms with E-state index in [1.165, 1.54) is 61.4 Å². The van der Waals surface area contributed by atoms with Crippen molar-refractivity contribution < 1.29 is 9.15 Å². The van der Waals surface area contributed by atoms with Gasteiger partial charge in [-0.3, -0.25) is 0 Å². The lowest BCUT2D eigenvalue weighted by Crippen LogP contribution is -2.61. The Morgan fingerprint density at radius 1 is 0.542 bits per heavy atom. The topological polar surface area (TPSA) is 28.9 Å². The van der Waals surface area contributed by atoms with Crippen molar-refractivity contribution in [3.05, 3.63) is 149 Å². The largest absolute Gasteiger partial charge is 0.468 e. The highest BCUT2D eigenvalue weighted by atomic mass is 16.5. The van der Waals surface area contributed by atoms with Crippen LogP contribution in [-0.4, -0.2) is 6.71 Å². The Morgan fingerprint density at radius 3 is 1.83 bits per heavy atom. The SMILES string of the molecule is Cc1cc2c3c(c1)N(c1ccc4c(c1)C(C)(C)c1ccccc1O4)c1c(oc4ccc(C(C)(C)C)cc14)B3c1cc(C(C)(C)C)ccc1N2c1ccc(C(C)(C)C)cc1. The molecule has 6 aromatic carbocycles. The summed E-state index contributed by atoms with van der Waals surface area (Å²) in [6.45, 7) is 27.4. The van der Waals surface area contributed by atoms with Gasteiger partial charge in [0.05, 0.1) is 11.3 Å². The van der Waals surface area contributed by atoms with Crippen LogP contribution in [-0.2, 0) is 21.7 Å². The molecule has 0 spiro atoms. The second kappa shape index (κ2) is 12.4. The maximum absolute atomic E-state index is 7.28. The number of anilines is 6. The summed E-state index contributed by atoms with van der Waals surface area (Å²) in [5.41, 5.74) is 18.5. The zero-order chi connectivity index (χ0) is 41.6. The molecule has 296 valence electrons. The minimum absolute atomic E-state index is 0.0395. The zero-order valence-corrected chi connectivity index (χ0v) is 36.8. The van der Waals surface area contributed by atoms with Gasteiger partial charge in [0.1, 0.15) is 17.1 Å². The Morgan fingerprint density at radius 2 is 1.14 bits per heavy atom. The van der Waals surface area contributed by atoms with Crippen LogP contribution in [0.15, 0.2) is 120 Å². The average Bonchev–Trinajstić information content (AvgIpc) is 3.55. The predicted molar refractivity (Wildman–Crippen MR) is 250 cm³/mol. The van der Waals surface area contributed by atoms with Crippen LogP contribution in [0.25, 0.3) is 11.0 Å². The maximum atomic E-state index is 7.28.